The lowest BCUT2D eigenvalue weighted by Crippen LogP contribution is -2.12. The van der Waals surface area contributed by atoms with Gasteiger partial charge in [0.15, 0.2) is 5.82 Å². The van der Waals surface area contributed by atoms with Crippen molar-refractivity contribution in [1.82, 2.24) is 15.2 Å². The standard InChI is InChI=1S/C12H12N4OS/c1-7-10-11(8-4-2-3-5-13-8)15-16-12(10)14-9(17)6-18-7/h2-5,7H,6H2,1H3,(H2,14,15,16,17). The topological polar surface area (TPSA) is 70.7 Å². The highest BCUT2D eigenvalue weighted by Gasteiger charge is 2.26. The SMILES string of the molecule is CC1SCC(=O)Nc2n[nH]c(-c3ccccn3)c21. The van der Waals surface area contributed by atoms with Crippen molar-refractivity contribution in [3.8, 4) is 11.4 Å². The lowest BCUT2D eigenvalue weighted by molar-refractivity contribution is -0.113. The van der Waals surface area contributed by atoms with Crippen LogP contribution in [0.15, 0.2) is 24.4 Å². The van der Waals surface area contributed by atoms with Crippen molar-refractivity contribution in [2.24, 2.45) is 0 Å². The summed E-state index contributed by atoms with van der Waals surface area (Å²) in [5.41, 5.74) is 2.74. The first-order valence-electron chi connectivity index (χ1n) is 5.67. The van der Waals surface area contributed by atoms with Crippen molar-refractivity contribution in [3.05, 3.63) is 30.0 Å². The zero-order valence-corrected chi connectivity index (χ0v) is 10.6. The van der Waals surface area contributed by atoms with Crippen LogP contribution in [0.4, 0.5) is 5.82 Å². The smallest absolute Gasteiger partial charge is 0.235 e. The second-order valence-corrected chi connectivity index (χ2v) is 5.41. The fourth-order valence-electron chi connectivity index (χ4n) is 2.00. The summed E-state index contributed by atoms with van der Waals surface area (Å²) in [6, 6.07) is 5.74. The maximum absolute atomic E-state index is 11.5. The molecular formula is C12H12N4OS. The van der Waals surface area contributed by atoms with Gasteiger partial charge in [0.05, 0.1) is 17.1 Å². The van der Waals surface area contributed by atoms with Crippen LogP contribution in [0, 0.1) is 0 Å². The quantitative estimate of drug-likeness (QED) is 0.824. The number of nitrogens with one attached hydrogen (secondary N) is 2. The molecule has 2 N–H and O–H groups in total. The average Bonchev–Trinajstić information content (AvgIpc) is 2.75. The van der Waals surface area contributed by atoms with E-state index in [0.29, 0.717) is 11.6 Å². The first-order chi connectivity index (χ1) is 8.75. The Morgan fingerprint density at radius 3 is 3.11 bits per heavy atom. The Balaban J connectivity index is 2.11. The molecule has 3 rings (SSSR count). The van der Waals surface area contributed by atoms with Gasteiger partial charge in [-0.2, -0.15) is 5.10 Å². The third-order valence-electron chi connectivity index (χ3n) is 2.85. The Morgan fingerprint density at radius 2 is 2.33 bits per heavy atom. The summed E-state index contributed by atoms with van der Waals surface area (Å²) in [5, 5.41) is 10.2. The Morgan fingerprint density at radius 1 is 1.44 bits per heavy atom. The van der Waals surface area contributed by atoms with Gasteiger partial charge in [0.2, 0.25) is 5.91 Å². The van der Waals surface area contributed by atoms with Gasteiger partial charge in [0, 0.05) is 17.0 Å². The van der Waals surface area contributed by atoms with Crippen molar-refractivity contribution in [1.29, 1.82) is 0 Å². The number of aromatic nitrogens is 3. The van der Waals surface area contributed by atoms with E-state index in [0.717, 1.165) is 17.0 Å². The lowest BCUT2D eigenvalue weighted by atomic mass is 10.1. The number of thioether (sulfide) groups is 1. The molecule has 0 aromatic carbocycles. The Hall–Kier alpha value is -1.82. The molecule has 1 aliphatic rings. The summed E-state index contributed by atoms with van der Waals surface area (Å²) >= 11 is 1.60. The molecule has 0 spiro atoms. The van der Waals surface area contributed by atoms with Gasteiger partial charge < -0.3 is 5.32 Å². The molecule has 0 bridgehead atoms. The van der Waals surface area contributed by atoms with Crippen molar-refractivity contribution in [2.45, 2.75) is 12.2 Å². The van der Waals surface area contributed by atoms with E-state index in [2.05, 4.69) is 27.4 Å². The second-order valence-electron chi connectivity index (χ2n) is 4.08. The van der Waals surface area contributed by atoms with E-state index in [1.54, 1.807) is 18.0 Å². The molecule has 0 aliphatic carbocycles. The van der Waals surface area contributed by atoms with Gasteiger partial charge in [-0.05, 0) is 19.1 Å². The predicted molar refractivity (Wildman–Crippen MR) is 71.3 cm³/mol. The Kier molecular flexibility index (Phi) is 2.79. The molecule has 92 valence electrons. The molecule has 0 fully saturated rings. The molecule has 2 aromatic heterocycles. The minimum Gasteiger partial charge on any atom is -0.308 e. The van der Waals surface area contributed by atoms with E-state index < -0.39 is 0 Å². The number of amides is 1. The number of carbonyl (C=O) groups is 1. The minimum absolute atomic E-state index is 0.00956. The fourth-order valence-corrected chi connectivity index (χ4v) is 2.87. The van der Waals surface area contributed by atoms with E-state index in [1.807, 2.05) is 18.2 Å². The number of aromatic amines is 1. The zero-order valence-electron chi connectivity index (χ0n) is 9.80. The molecule has 5 nitrogen and oxygen atoms in total. The fraction of sp³-hybridized carbons (Fsp3) is 0.250. The Labute approximate surface area is 108 Å². The third-order valence-corrected chi connectivity index (χ3v) is 4.02. The number of hydrogen-bond donors (Lipinski definition) is 2. The molecule has 6 heteroatoms. The normalized spacial score (nSPS) is 18.9. The van der Waals surface area contributed by atoms with Crippen molar-refractivity contribution in [2.75, 3.05) is 11.1 Å². The molecular weight excluding hydrogens is 248 g/mol. The van der Waals surface area contributed by atoms with Crippen LogP contribution in [0.2, 0.25) is 0 Å². The summed E-state index contributed by atoms with van der Waals surface area (Å²) in [4.78, 5) is 15.9. The van der Waals surface area contributed by atoms with Gasteiger partial charge in [-0.15, -0.1) is 11.8 Å². The number of carbonyl (C=O) groups excluding carboxylic acids is 1. The summed E-state index contributed by atoms with van der Waals surface area (Å²) in [5.74, 6) is 1.07. The molecule has 18 heavy (non-hydrogen) atoms. The molecule has 3 heterocycles. The number of anilines is 1. The highest BCUT2D eigenvalue weighted by atomic mass is 32.2. The summed E-state index contributed by atoms with van der Waals surface area (Å²) < 4.78 is 0. The number of hydrogen-bond acceptors (Lipinski definition) is 4. The van der Waals surface area contributed by atoms with Crippen LogP contribution in [0.3, 0.4) is 0 Å². The van der Waals surface area contributed by atoms with Gasteiger partial charge in [-0.25, -0.2) is 0 Å². The minimum atomic E-state index is -0.00956. The molecule has 0 saturated carbocycles. The zero-order chi connectivity index (χ0) is 12.5. The molecule has 1 unspecified atom stereocenters. The third kappa shape index (κ3) is 1.88. The monoisotopic (exact) mass is 260 g/mol. The average molecular weight is 260 g/mol. The van der Waals surface area contributed by atoms with Crippen molar-refractivity contribution < 1.29 is 4.79 Å². The van der Waals surface area contributed by atoms with Crippen LogP contribution in [0.5, 0.6) is 0 Å². The van der Waals surface area contributed by atoms with E-state index in [-0.39, 0.29) is 11.2 Å². The molecule has 2 aromatic rings. The highest BCUT2D eigenvalue weighted by molar-refractivity contribution is 8.00. The van der Waals surface area contributed by atoms with E-state index in [9.17, 15) is 4.79 Å². The first kappa shape index (κ1) is 11.3. The van der Waals surface area contributed by atoms with Gasteiger partial charge in [0.1, 0.15) is 0 Å². The molecule has 1 atom stereocenters. The maximum atomic E-state index is 11.5. The van der Waals surface area contributed by atoms with Crippen molar-refractivity contribution in [3.63, 3.8) is 0 Å². The highest BCUT2D eigenvalue weighted by Crippen LogP contribution is 2.40. The van der Waals surface area contributed by atoms with Crippen LogP contribution in [0.1, 0.15) is 17.7 Å². The molecule has 0 saturated heterocycles. The summed E-state index contributed by atoms with van der Waals surface area (Å²) in [7, 11) is 0. The van der Waals surface area contributed by atoms with E-state index in [4.69, 9.17) is 0 Å². The summed E-state index contributed by atoms with van der Waals surface area (Å²) in [6.07, 6.45) is 1.75. The molecule has 1 aliphatic heterocycles. The van der Waals surface area contributed by atoms with Gasteiger partial charge in [-0.3, -0.25) is 14.9 Å². The molecule has 0 radical (unpaired) electrons. The number of pyridine rings is 1. The first-order valence-corrected chi connectivity index (χ1v) is 6.71. The summed E-state index contributed by atoms with van der Waals surface area (Å²) in [6.45, 7) is 2.08. The number of H-pyrrole nitrogens is 1. The number of nitrogens with zero attached hydrogens (tertiary/aromatic N) is 2. The number of rotatable bonds is 1. The second kappa shape index (κ2) is 4.45. The van der Waals surface area contributed by atoms with E-state index >= 15 is 0 Å². The van der Waals surface area contributed by atoms with Crippen molar-refractivity contribution >= 4 is 23.5 Å². The molecule has 1 amide bonds. The van der Waals surface area contributed by atoms with Crippen LogP contribution in [0.25, 0.3) is 11.4 Å². The van der Waals surface area contributed by atoms with Gasteiger partial charge in [0.25, 0.3) is 0 Å². The predicted octanol–water partition coefficient (Wildman–Crippen LogP) is 2.22. The Bertz CT molecular complexity index is 581. The van der Waals surface area contributed by atoms with Crippen LogP contribution >= 0.6 is 11.8 Å². The largest absolute Gasteiger partial charge is 0.308 e. The van der Waals surface area contributed by atoms with Crippen LogP contribution in [-0.2, 0) is 4.79 Å². The van der Waals surface area contributed by atoms with Gasteiger partial charge >= 0.3 is 0 Å². The van der Waals surface area contributed by atoms with Gasteiger partial charge in [-0.1, -0.05) is 6.07 Å². The van der Waals surface area contributed by atoms with Crippen LogP contribution in [-0.4, -0.2) is 26.8 Å². The van der Waals surface area contributed by atoms with Crippen LogP contribution < -0.4 is 5.32 Å². The number of fused-ring (bicyclic) bond motifs is 1. The maximum Gasteiger partial charge on any atom is 0.235 e. The lowest BCUT2D eigenvalue weighted by Gasteiger charge is -2.08. The van der Waals surface area contributed by atoms with E-state index in [1.165, 1.54) is 0 Å².